The molecule has 0 aliphatic carbocycles. The van der Waals surface area contributed by atoms with E-state index in [0.717, 1.165) is 0 Å². The first kappa shape index (κ1) is 17.0. The lowest BCUT2D eigenvalue weighted by atomic mass is 10.2. The van der Waals surface area contributed by atoms with Crippen molar-refractivity contribution in [1.29, 1.82) is 0 Å². The van der Waals surface area contributed by atoms with Gasteiger partial charge in [0.2, 0.25) is 0 Å². The molecule has 2 rings (SSSR count). The fourth-order valence-electron chi connectivity index (χ4n) is 1.79. The maximum absolute atomic E-state index is 12.2. The number of hydrogen-bond acceptors (Lipinski definition) is 5. The summed E-state index contributed by atoms with van der Waals surface area (Å²) in [6.45, 7) is 1.26. The lowest BCUT2D eigenvalue weighted by Gasteiger charge is -2.16. The number of rotatable bonds is 6. The molecule has 0 aliphatic heterocycles. The van der Waals surface area contributed by atoms with Crippen LogP contribution in [0.25, 0.3) is 6.08 Å². The first-order chi connectivity index (χ1) is 11.5. The molecule has 1 heterocycles. The monoisotopic (exact) mass is 327 g/mol. The predicted octanol–water partition coefficient (Wildman–Crippen LogP) is 0.305. The molecular weight excluding hydrogens is 312 g/mol. The molecule has 1 aromatic carbocycles. The summed E-state index contributed by atoms with van der Waals surface area (Å²) in [6, 6.07) is 10.3. The second-order valence-electron chi connectivity index (χ2n) is 4.91. The van der Waals surface area contributed by atoms with Gasteiger partial charge < -0.3 is 25.0 Å². The number of furan rings is 1. The molecule has 0 saturated heterocycles. The standard InChI is InChI=1S/C17H16N2O5/c1-11(17(22)23)18-16(21)14(10-13-8-5-9-24-13)19-15(20)12-6-3-2-4-7-12/h2-11H,1H3,(H,18,21)(H,19,20)(H,22,23)/p-1/b14-10+/t11-/m0/s1. The number of benzene rings is 1. The summed E-state index contributed by atoms with van der Waals surface area (Å²) in [6.07, 6.45) is 2.71. The average Bonchev–Trinajstić information content (AvgIpc) is 3.07. The number of amides is 2. The largest absolute Gasteiger partial charge is 0.548 e. The predicted molar refractivity (Wildman–Crippen MR) is 83.2 cm³/mol. The van der Waals surface area contributed by atoms with Crippen LogP contribution in [0.15, 0.2) is 58.8 Å². The second kappa shape index (κ2) is 7.77. The zero-order valence-electron chi connectivity index (χ0n) is 12.8. The van der Waals surface area contributed by atoms with Crippen molar-refractivity contribution in [3.05, 3.63) is 65.7 Å². The molecule has 0 fully saturated rings. The third-order valence-corrected chi connectivity index (χ3v) is 3.06. The molecule has 0 saturated carbocycles. The van der Waals surface area contributed by atoms with Gasteiger partial charge in [0.05, 0.1) is 18.3 Å². The minimum atomic E-state index is -1.44. The second-order valence-corrected chi connectivity index (χ2v) is 4.91. The quantitative estimate of drug-likeness (QED) is 0.742. The van der Waals surface area contributed by atoms with Gasteiger partial charge in [0.15, 0.2) is 0 Å². The van der Waals surface area contributed by atoms with Crippen LogP contribution in [0.4, 0.5) is 0 Å². The highest BCUT2D eigenvalue weighted by Gasteiger charge is 2.17. The topological polar surface area (TPSA) is 111 Å². The van der Waals surface area contributed by atoms with E-state index in [1.54, 1.807) is 42.5 Å². The molecule has 2 aromatic rings. The van der Waals surface area contributed by atoms with Crippen LogP contribution in [0.5, 0.6) is 0 Å². The summed E-state index contributed by atoms with van der Waals surface area (Å²) in [5.74, 6) is -2.39. The minimum absolute atomic E-state index is 0.146. The number of carboxylic acid groups (broad SMARTS) is 1. The summed E-state index contributed by atoms with van der Waals surface area (Å²) in [5.41, 5.74) is 0.204. The highest BCUT2D eigenvalue weighted by Crippen LogP contribution is 2.08. The van der Waals surface area contributed by atoms with Crippen molar-refractivity contribution < 1.29 is 23.9 Å². The van der Waals surface area contributed by atoms with E-state index in [1.807, 2.05) is 0 Å². The van der Waals surface area contributed by atoms with Gasteiger partial charge in [-0.2, -0.15) is 0 Å². The summed E-state index contributed by atoms with van der Waals surface area (Å²) in [4.78, 5) is 35.2. The molecule has 0 aliphatic rings. The highest BCUT2D eigenvalue weighted by molar-refractivity contribution is 6.05. The number of aliphatic carboxylic acids is 1. The Morgan fingerprint density at radius 3 is 2.42 bits per heavy atom. The van der Waals surface area contributed by atoms with Gasteiger partial charge >= 0.3 is 0 Å². The van der Waals surface area contributed by atoms with Gasteiger partial charge in [-0.1, -0.05) is 18.2 Å². The molecular formula is C17H15N2O5-. The van der Waals surface area contributed by atoms with E-state index in [0.29, 0.717) is 11.3 Å². The van der Waals surface area contributed by atoms with E-state index in [4.69, 9.17) is 4.42 Å². The van der Waals surface area contributed by atoms with Crippen molar-refractivity contribution in [3.8, 4) is 0 Å². The zero-order valence-corrected chi connectivity index (χ0v) is 12.8. The van der Waals surface area contributed by atoms with Gasteiger partial charge in [-0.3, -0.25) is 9.59 Å². The first-order valence-electron chi connectivity index (χ1n) is 7.10. The number of carbonyl (C=O) groups is 3. The van der Waals surface area contributed by atoms with Crippen LogP contribution in [0.3, 0.4) is 0 Å². The molecule has 0 radical (unpaired) electrons. The molecule has 0 spiro atoms. The normalized spacial score (nSPS) is 12.3. The van der Waals surface area contributed by atoms with Crippen molar-refractivity contribution in [2.24, 2.45) is 0 Å². The van der Waals surface area contributed by atoms with Crippen LogP contribution in [0.1, 0.15) is 23.0 Å². The molecule has 7 heteroatoms. The van der Waals surface area contributed by atoms with Crippen LogP contribution >= 0.6 is 0 Å². The molecule has 2 amide bonds. The third-order valence-electron chi connectivity index (χ3n) is 3.06. The van der Waals surface area contributed by atoms with Gasteiger partial charge in [-0.05, 0) is 31.2 Å². The molecule has 0 bridgehead atoms. The summed E-state index contributed by atoms with van der Waals surface area (Å²) in [5, 5.41) is 15.4. The number of carbonyl (C=O) groups excluding carboxylic acids is 3. The highest BCUT2D eigenvalue weighted by atomic mass is 16.4. The van der Waals surface area contributed by atoms with Crippen molar-refractivity contribution in [3.63, 3.8) is 0 Å². The fourth-order valence-corrected chi connectivity index (χ4v) is 1.79. The maximum Gasteiger partial charge on any atom is 0.268 e. The van der Waals surface area contributed by atoms with E-state index < -0.39 is 23.8 Å². The van der Waals surface area contributed by atoms with Crippen molar-refractivity contribution in [2.45, 2.75) is 13.0 Å². The van der Waals surface area contributed by atoms with E-state index in [9.17, 15) is 19.5 Å². The number of hydrogen-bond donors (Lipinski definition) is 2. The Morgan fingerprint density at radius 1 is 1.12 bits per heavy atom. The van der Waals surface area contributed by atoms with Gasteiger partial charge in [-0.25, -0.2) is 0 Å². The molecule has 124 valence electrons. The Balaban J connectivity index is 2.22. The first-order valence-corrected chi connectivity index (χ1v) is 7.10. The molecule has 7 nitrogen and oxygen atoms in total. The Morgan fingerprint density at radius 2 is 1.83 bits per heavy atom. The summed E-state index contributed by atoms with van der Waals surface area (Å²) in [7, 11) is 0. The number of nitrogens with one attached hydrogen (secondary N) is 2. The van der Waals surface area contributed by atoms with E-state index in [-0.39, 0.29) is 5.70 Å². The van der Waals surface area contributed by atoms with Crippen molar-refractivity contribution in [2.75, 3.05) is 0 Å². The third kappa shape index (κ3) is 4.57. The summed E-state index contributed by atoms with van der Waals surface area (Å²) < 4.78 is 5.12. The van der Waals surface area contributed by atoms with Gasteiger partial charge in [0.1, 0.15) is 11.5 Å². The Bertz CT molecular complexity index is 751. The molecule has 1 aromatic heterocycles. The summed E-state index contributed by atoms with van der Waals surface area (Å²) >= 11 is 0. The van der Waals surface area contributed by atoms with Crippen LogP contribution in [0.2, 0.25) is 0 Å². The fraction of sp³-hybridized carbons (Fsp3) is 0.118. The lowest BCUT2D eigenvalue weighted by Crippen LogP contribution is -2.48. The average molecular weight is 327 g/mol. The number of carboxylic acids is 1. The van der Waals surface area contributed by atoms with E-state index in [1.165, 1.54) is 19.3 Å². The Hall–Kier alpha value is -3.35. The SMILES string of the molecule is C[C@H](NC(=O)/C(=C\c1ccco1)NC(=O)c1ccccc1)C(=O)[O-]. The van der Waals surface area contributed by atoms with Crippen molar-refractivity contribution in [1.82, 2.24) is 10.6 Å². The van der Waals surface area contributed by atoms with Gasteiger partial charge in [0, 0.05) is 11.6 Å². The minimum Gasteiger partial charge on any atom is -0.548 e. The molecule has 2 N–H and O–H groups in total. The lowest BCUT2D eigenvalue weighted by molar-refractivity contribution is -0.307. The van der Waals surface area contributed by atoms with Gasteiger partial charge in [0.25, 0.3) is 11.8 Å². The van der Waals surface area contributed by atoms with Crippen LogP contribution in [-0.4, -0.2) is 23.8 Å². The van der Waals surface area contributed by atoms with Crippen LogP contribution < -0.4 is 15.7 Å². The maximum atomic E-state index is 12.2. The Kier molecular flexibility index (Phi) is 5.51. The zero-order chi connectivity index (χ0) is 17.5. The molecule has 0 unspecified atom stereocenters. The van der Waals surface area contributed by atoms with Crippen LogP contribution in [-0.2, 0) is 9.59 Å². The molecule has 24 heavy (non-hydrogen) atoms. The van der Waals surface area contributed by atoms with Gasteiger partial charge in [-0.15, -0.1) is 0 Å². The molecule has 1 atom stereocenters. The van der Waals surface area contributed by atoms with E-state index >= 15 is 0 Å². The van der Waals surface area contributed by atoms with Crippen LogP contribution in [0, 0.1) is 0 Å². The Labute approximate surface area is 138 Å². The van der Waals surface area contributed by atoms with E-state index in [2.05, 4.69) is 10.6 Å². The smallest absolute Gasteiger partial charge is 0.268 e. The van der Waals surface area contributed by atoms with Crippen molar-refractivity contribution >= 4 is 23.9 Å².